The van der Waals surface area contributed by atoms with Gasteiger partial charge in [-0.25, -0.2) is 13.1 Å². The molecule has 18 heavy (non-hydrogen) atoms. The van der Waals surface area contributed by atoms with E-state index >= 15 is 0 Å². The summed E-state index contributed by atoms with van der Waals surface area (Å²) in [4.78, 5) is 0.333. The summed E-state index contributed by atoms with van der Waals surface area (Å²) in [6.45, 7) is 7.31. The molecule has 100 valence electrons. The molecule has 0 unspecified atom stereocenters. The van der Waals surface area contributed by atoms with Gasteiger partial charge >= 0.3 is 0 Å². The molecule has 1 aliphatic rings. The molecule has 1 aromatic carbocycles. The zero-order valence-electron chi connectivity index (χ0n) is 11.1. The number of hydrogen-bond acceptors (Lipinski definition) is 3. The first-order valence-electron chi connectivity index (χ1n) is 6.14. The Balaban J connectivity index is 2.20. The van der Waals surface area contributed by atoms with E-state index in [1.807, 2.05) is 26.8 Å². The van der Waals surface area contributed by atoms with Gasteiger partial charge in [0.15, 0.2) is 0 Å². The SMILES string of the molecule is CC(C)(C)CNS(=O)(=O)c1ccc2c(c1)NCC2. The lowest BCUT2D eigenvalue weighted by Gasteiger charge is -2.19. The predicted octanol–water partition coefficient (Wildman–Crippen LogP) is 1.98. The van der Waals surface area contributed by atoms with Crippen molar-refractivity contribution in [3.63, 3.8) is 0 Å². The summed E-state index contributed by atoms with van der Waals surface area (Å²) in [6, 6.07) is 5.28. The first-order chi connectivity index (χ1) is 8.28. The van der Waals surface area contributed by atoms with Gasteiger partial charge in [-0.05, 0) is 29.5 Å². The third-order valence-electron chi connectivity index (χ3n) is 2.89. The Morgan fingerprint density at radius 2 is 2.06 bits per heavy atom. The van der Waals surface area contributed by atoms with E-state index in [9.17, 15) is 8.42 Å². The fourth-order valence-corrected chi connectivity index (χ4v) is 3.14. The largest absolute Gasteiger partial charge is 0.384 e. The number of benzene rings is 1. The van der Waals surface area contributed by atoms with E-state index in [0.29, 0.717) is 11.4 Å². The van der Waals surface area contributed by atoms with E-state index in [1.165, 1.54) is 5.56 Å². The van der Waals surface area contributed by atoms with E-state index in [0.717, 1.165) is 18.7 Å². The van der Waals surface area contributed by atoms with Gasteiger partial charge in [-0.1, -0.05) is 26.8 Å². The number of rotatable bonds is 3. The summed E-state index contributed by atoms with van der Waals surface area (Å²) in [5.41, 5.74) is 2.06. The van der Waals surface area contributed by atoms with Gasteiger partial charge in [-0.15, -0.1) is 0 Å². The summed E-state index contributed by atoms with van der Waals surface area (Å²) in [5.74, 6) is 0. The maximum absolute atomic E-state index is 12.1. The Bertz CT molecular complexity index is 545. The lowest BCUT2D eigenvalue weighted by molar-refractivity contribution is 0.407. The minimum Gasteiger partial charge on any atom is -0.384 e. The number of anilines is 1. The van der Waals surface area contributed by atoms with E-state index in [2.05, 4.69) is 10.0 Å². The lowest BCUT2D eigenvalue weighted by atomic mass is 9.98. The molecule has 0 amide bonds. The average molecular weight is 268 g/mol. The molecule has 2 N–H and O–H groups in total. The van der Waals surface area contributed by atoms with E-state index in [1.54, 1.807) is 12.1 Å². The highest BCUT2D eigenvalue weighted by atomic mass is 32.2. The molecule has 0 aliphatic carbocycles. The van der Waals surface area contributed by atoms with Gasteiger partial charge in [0, 0.05) is 18.8 Å². The normalized spacial score (nSPS) is 15.3. The van der Waals surface area contributed by atoms with Crippen molar-refractivity contribution in [2.45, 2.75) is 32.1 Å². The summed E-state index contributed by atoms with van der Waals surface area (Å²) in [5, 5.41) is 3.19. The second-order valence-corrected chi connectivity index (χ2v) is 7.65. The predicted molar refractivity (Wildman–Crippen MR) is 73.3 cm³/mol. The molecular formula is C13H20N2O2S. The summed E-state index contributed by atoms with van der Waals surface area (Å²) in [6.07, 6.45) is 0.963. The van der Waals surface area contributed by atoms with Crippen molar-refractivity contribution in [3.8, 4) is 0 Å². The first-order valence-corrected chi connectivity index (χ1v) is 7.63. The van der Waals surface area contributed by atoms with Gasteiger partial charge < -0.3 is 5.32 Å². The molecule has 4 nitrogen and oxygen atoms in total. The minimum atomic E-state index is -3.41. The summed E-state index contributed by atoms with van der Waals surface area (Å²) < 4.78 is 26.9. The van der Waals surface area contributed by atoms with Crippen molar-refractivity contribution < 1.29 is 8.42 Å². The maximum Gasteiger partial charge on any atom is 0.240 e. The van der Waals surface area contributed by atoms with Gasteiger partial charge in [-0.2, -0.15) is 0 Å². The fraction of sp³-hybridized carbons (Fsp3) is 0.538. The van der Waals surface area contributed by atoms with Crippen molar-refractivity contribution >= 4 is 15.7 Å². The van der Waals surface area contributed by atoms with Gasteiger partial charge in [0.2, 0.25) is 10.0 Å². The zero-order chi connectivity index (χ0) is 13.4. The molecule has 2 rings (SSSR count). The van der Waals surface area contributed by atoms with Crippen LogP contribution in [0, 0.1) is 5.41 Å². The number of sulfonamides is 1. The van der Waals surface area contributed by atoms with Crippen molar-refractivity contribution in [3.05, 3.63) is 23.8 Å². The third-order valence-corrected chi connectivity index (χ3v) is 4.29. The molecule has 0 spiro atoms. The van der Waals surface area contributed by atoms with Crippen LogP contribution in [-0.2, 0) is 16.4 Å². The monoisotopic (exact) mass is 268 g/mol. The lowest BCUT2D eigenvalue weighted by Crippen LogP contribution is -2.32. The second-order valence-electron chi connectivity index (χ2n) is 5.88. The first kappa shape index (κ1) is 13.4. The molecule has 0 bridgehead atoms. The second kappa shape index (κ2) is 4.55. The van der Waals surface area contributed by atoms with Crippen LogP contribution in [-0.4, -0.2) is 21.5 Å². The van der Waals surface area contributed by atoms with Crippen molar-refractivity contribution in [2.75, 3.05) is 18.4 Å². The van der Waals surface area contributed by atoms with Gasteiger partial charge in [0.25, 0.3) is 0 Å². The molecule has 1 aromatic rings. The van der Waals surface area contributed by atoms with Crippen molar-refractivity contribution in [2.24, 2.45) is 5.41 Å². The molecule has 1 aliphatic heterocycles. The Labute approximate surface area is 109 Å². The van der Waals surface area contributed by atoms with Crippen LogP contribution >= 0.6 is 0 Å². The molecule has 5 heteroatoms. The van der Waals surface area contributed by atoms with Crippen LogP contribution in [0.5, 0.6) is 0 Å². The van der Waals surface area contributed by atoms with Crippen LogP contribution in [0.1, 0.15) is 26.3 Å². The molecule has 0 fully saturated rings. The van der Waals surface area contributed by atoms with Crippen LogP contribution < -0.4 is 10.0 Å². The topological polar surface area (TPSA) is 58.2 Å². The fourth-order valence-electron chi connectivity index (χ4n) is 1.83. The van der Waals surface area contributed by atoms with Gasteiger partial charge in [0.05, 0.1) is 4.90 Å². The van der Waals surface area contributed by atoms with Crippen molar-refractivity contribution in [1.29, 1.82) is 0 Å². The van der Waals surface area contributed by atoms with Crippen LogP contribution in [0.25, 0.3) is 0 Å². The van der Waals surface area contributed by atoms with Crippen LogP contribution in [0.2, 0.25) is 0 Å². The number of nitrogens with one attached hydrogen (secondary N) is 2. The number of fused-ring (bicyclic) bond motifs is 1. The Morgan fingerprint density at radius 1 is 1.33 bits per heavy atom. The minimum absolute atomic E-state index is 0.0674. The zero-order valence-corrected chi connectivity index (χ0v) is 11.9. The van der Waals surface area contributed by atoms with E-state index in [4.69, 9.17) is 0 Å². The van der Waals surface area contributed by atoms with Crippen LogP contribution in [0.3, 0.4) is 0 Å². The summed E-state index contributed by atoms with van der Waals surface area (Å²) in [7, 11) is -3.41. The highest BCUT2D eigenvalue weighted by Gasteiger charge is 2.20. The van der Waals surface area contributed by atoms with Gasteiger partial charge in [-0.3, -0.25) is 0 Å². The Hall–Kier alpha value is -1.07. The van der Waals surface area contributed by atoms with Crippen molar-refractivity contribution in [1.82, 2.24) is 4.72 Å². The molecule has 0 aromatic heterocycles. The Morgan fingerprint density at radius 3 is 2.72 bits per heavy atom. The molecule has 0 saturated carbocycles. The van der Waals surface area contributed by atoms with E-state index in [-0.39, 0.29) is 5.41 Å². The molecule has 0 saturated heterocycles. The third kappa shape index (κ3) is 3.03. The number of hydrogen-bond donors (Lipinski definition) is 2. The Kier molecular flexibility index (Phi) is 3.38. The van der Waals surface area contributed by atoms with Crippen LogP contribution in [0.4, 0.5) is 5.69 Å². The summed E-state index contributed by atoms with van der Waals surface area (Å²) >= 11 is 0. The molecule has 0 atom stereocenters. The quantitative estimate of drug-likeness (QED) is 0.881. The highest BCUT2D eigenvalue weighted by Crippen LogP contribution is 2.25. The van der Waals surface area contributed by atoms with E-state index < -0.39 is 10.0 Å². The smallest absolute Gasteiger partial charge is 0.240 e. The van der Waals surface area contributed by atoms with Gasteiger partial charge in [0.1, 0.15) is 0 Å². The molecule has 1 heterocycles. The molecule has 0 radical (unpaired) electrons. The molecular weight excluding hydrogens is 248 g/mol. The van der Waals surface area contributed by atoms with Crippen LogP contribution in [0.15, 0.2) is 23.1 Å². The standard InChI is InChI=1S/C13H20N2O2S/c1-13(2,3)9-15-18(16,17)11-5-4-10-6-7-14-12(10)8-11/h4-5,8,14-15H,6-7,9H2,1-3H3. The average Bonchev–Trinajstić information content (AvgIpc) is 2.72. The maximum atomic E-state index is 12.1. The highest BCUT2D eigenvalue weighted by molar-refractivity contribution is 7.89.